The maximum Gasteiger partial charge on any atom is 0.410 e. The summed E-state index contributed by atoms with van der Waals surface area (Å²) in [7, 11) is -1.19. The smallest absolute Gasteiger partial charge is 0.410 e. The standard InChI is InChI=1S/C28H39ClN4O4Si/c1-28(2,3)37-27(34)32-14-12-21(17-32)31-23-18-33(19-35-15-16-38(4,5)6)26-25(23)24(11-13-30-26)36-22-9-7-20(29)8-10-22/h7-11,13,18,21,31H,12,14-17,19H2,1-6H3. The molecule has 0 saturated carbocycles. The molecule has 0 bridgehead atoms. The number of hydrogen-bond acceptors (Lipinski definition) is 6. The number of carbonyl (C=O) groups excluding carboxylic acids is 1. The molecule has 1 aromatic carbocycles. The Hall–Kier alpha value is -2.75. The van der Waals surface area contributed by atoms with Gasteiger partial charge in [0.15, 0.2) is 0 Å². The summed E-state index contributed by atoms with van der Waals surface area (Å²) in [6.07, 6.45) is 4.30. The van der Waals surface area contributed by atoms with Crippen LogP contribution in [0.15, 0.2) is 42.7 Å². The summed E-state index contributed by atoms with van der Waals surface area (Å²) in [6, 6.07) is 10.3. The zero-order valence-electron chi connectivity index (χ0n) is 23.2. The first-order chi connectivity index (χ1) is 17.9. The van der Waals surface area contributed by atoms with Crippen molar-refractivity contribution < 1.29 is 19.0 Å². The molecule has 1 fully saturated rings. The molecule has 3 aromatic rings. The molecular formula is C28H39ClN4O4Si. The molecule has 1 aliphatic heterocycles. The van der Waals surface area contributed by atoms with Crippen LogP contribution in [0.1, 0.15) is 27.2 Å². The number of fused-ring (bicyclic) bond motifs is 1. The summed E-state index contributed by atoms with van der Waals surface area (Å²) in [5.74, 6) is 1.37. The largest absolute Gasteiger partial charge is 0.456 e. The lowest BCUT2D eigenvalue weighted by Crippen LogP contribution is -2.36. The summed E-state index contributed by atoms with van der Waals surface area (Å²) in [4.78, 5) is 19.0. The number of pyridine rings is 1. The topological polar surface area (TPSA) is 77.9 Å². The molecule has 1 saturated heterocycles. The van der Waals surface area contributed by atoms with E-state index in [9.17, 15) is 4.79 Å². The highest BCUT2D eigenvalue weighted by Gasteiger charge is 2.30. The van der Waals surface area contributed by atoms with Crippen LogP contribution >= 0.6 is 11.6 Å². The number of carbonyl (C=O) groups is 1. The van der Waals surface area contributed by atoms with Crippen molar-refractivity contribution in [1.82, 2.24) is 14.5 Å². The quantitative estimate of drug-likeness (QED) is 0.221. The Morgan fingerprint density at radius 2 is 1.92 bits per heavy atom. The minimum atomic E-state index is -1.19. The Labute approximate surface area is 231 Å². The number of anilines is 1. The maximum atomic E-state index is 12.6. The fourth-order valence-electron chi connectivity index (χ4n) is 4.24. The van der Waals surface area contributed by atoms with E-state index in [0.29, 0.717) is 42.9 Å². The number of nitrogens with zero attached hydrogens (tertiary/aromatic N) is 3. The van der Waals surface area contributed by atoms with Crippen molar-refractivity contribution in [3.63, 3.8) is 0 Å². The van der Waals surface area contributed by atoms with E-state index in [0.717, 1.165) is 29.2 Å². The van der Waals surface area contributed by atoms with E-state index < -0.39 is 13.7 Å². The second-order valence-electron chi connectivity index (χ2n) is 12.0. The molecule has 1 atom stereocenters. The number of likely N-dealkylation sites (tertiary alicyclic amines) is 1. The highest BCUT2D eigenvalue weighted by molar-refractivity contribution is 6.76. The average Bonchev–Trinajstić information content (AvgIpc) is 3.42. The third kappa shape index (κ3) is 7.65. The molecule has 1 unspecified atom stereocenters. The third-order valence-corrected chi connectivity index (χ3v) is 8.14. The Balaban J connectivity index is 1.57. The fraction of sp³-hybridized carbons (Fsp3) is 0.500. The van der Waals surface area contributed by atoms with Gasteiger partial charge >= 0.3 is 6.09 Å². The lowest BCUT2D eigenvalue weighted by atomic mass is 10.2. The SMILES string of the molecule is CC(C)(C)OC(=O)N1CCC(Nc2cn(COCC[Si](C)(C)C)c3nccc(Oc4ccc(Cl)cc4)c23)C1. The summed E-state index contributed by atoms with van der Waals surface area (Å²) in [5, 5.41) is 5.16. The summed E-state index contributed by atoms with van der Waals surface area (Å²) >= 11 is 6.06. The molecule has 8 nitrogen and oxygen atoms in total. The predicted molar refractivity (Wildman–Crippen MR) is 155 cm³/mol. The Bertz CT molecular complexity index is 1250. The molecule has 2 aromatic heterocycles. The van der Waals surface area contributed by atoms with Gasteiger partial charge in [0.2, 0.25) is 0 Å². The Morgan fingerprint density at radius 3 is 2.61 bits per heavy atom. The van der Waals surface area contributed by atoms with Gasteiger partial charge in [0, 0.05) is 51.2 Å². The van der Waals surface area contributed by atoms with Gasteiger partial charge in [-0.2, -0.15) is 0 Å². The van der Waals surface area contributed by atoms with E-state index in [1.807, 2.05) is 49.7 Å². The number of ether oxygens (including phenoxy) is 3. The monoisotopic (exact) mass is 558 g/mol. The van der Waals surface area contributed by atoms with E-state index in [1.165, 1.54) is 0 Å². The third-order valence-electron chi connectivity index (χ3n) is 6.19. The number of benzene rings is 1. The second-order valence-corrected chi connectivity index (χ2v) is 18.0. The first kappa shape index (κ1) is 28.3. The van der Waals surface area contributed by atoms with Gasteiger partial charge in [-0.05, 0) is 63.6 Å². The van der Waals surface area contributed by atoms with Gasteiger partial charge < -0.3 is 29.0 Å². The number of nitrogens with one attached hydrogen (secondary N) is 1. The van der Waals surface area contributed by atoms with Gasteiger partial charge in [0.05, 0.1) is 11.1 Å². The molecular weight excluding hydrogens is 520 g/mol. The van der Waals surface area contributed by atoms with Gasteiger partial charge in [-0.1, -0.05) is 31.2 Å². The molecule has 1 N–H and O–H groups in total. The molecule has 0 aliphatic carbocycles. The molecule has 4 rings (SSSR count). The van der Waals surface area contributed by atoms with Crippen LogP contribution in [0.5, 0.6) is 11.5 Å². The first-order valence-corrected chi connectivity index (χ1v) is 17.2. The molecule has 1 aliphatic rings. The second kappa shape index (κ2) is 11.6. The highest BCUT2D eigenvalue weighted by Crippen LogP contribution is 2.37. The van der Waals surface area contributed by atoms with Gasteiger partial charge in [-0.3, -0.25) is 0 Å². The highest BCUT2D eigenvalue weighted by atomic mass is 35.5. The lowest BCUT2D eigenvalue weighted by molar-refractivity contribution is 0.0293. The van der Waals surface area contributed by atoms with Gasteiger partial charge in [0.25, 0.3) is 0 Å². The van der Waals surface area contributed by atoms with Crippen LogP contribution < -0.4 is 10.1 Å². The van der Waals surface area contributed by atoms with Crippen molar-refractivity contribution in [2.45, 2.75) is 71.3 Å². The molecule has 206 valence electrons. The minimum absolute atomic E-state index is 0.0676. The van der Waals surface area contributed by atoms with E-state index in [-0.39, 0.29) is 12.1 Å². The number of halogens is 1. The van der Waals surface area contributed by atoms with Gasteiger partial charge in [0.1, 0.15) is 29.5 Å². The van der Waals surface area contributed by atoms with Crippen molar-refractivity contribution in [1.29, 1.82) is 0 Å². The van der Waals surface area contributed by atoms with E-state index in [4.69, 9.17) is 25.8 Å². The van der Waals surface area contributed by atoms with Crippen LogP contribution in [0.4, 0.5) is 10.5 Å². The van der Waals surface area contributed by atoms with Crippen LogP contribution in [-0.4, -0.2) is 60.0 Å². The Kier molecular flexibility index (Phi) is 8.59. The van der Waals surface area contributed by atoms with Crippen LogP contribution in [0, 0.1) is 0 Å². The lowest BCUT2D eigenvalue weighted by Gasteiger charge is -2.24. The zero-order chi connectivity index (χ0) is 27.5. The van der Waals surface area contributed by atoms with E-state index in [2.05, 4.69) is 29.9 Å². The summed E-state index contributed by atoms with van der Waals surface area (Å²) in [6.45, 7) is 15.0. The van der Waals surface area contributed by atoms with Crippen molar-refractivity contribution in [3.8, 4) is 11.5 Å². The molecule has 0 spiro atoms. The molecule has 10 heteroatoms. The number of aromatic nitrogens is 2. The van der Waals surface area contributed by atoms with Crippen molar-refractivity contribution in [2.24, 2.45) is 0 Å². The molecule has 38 heavy (non-hydrogen) atoms. The number of hydrogen-bond donors (Lipinski definition) is 1. The van der Waals surface area contributed by atoms with Crippen LogP contribution in [0.3, 0.4) is 0 Å². The molecule has 0 radical (unpaired) electrons. The Morgan fingerprint density at radius 1 is 1.18 bits per heavy atom. The van der Waals surface area contributed by atoms with Crippen molar-refractivity contribution in [3.05, 3.63) is 47.7 Å². The van der Waals surface area contributed by atoms with Crippen LogP contribution in [0.2, 0.25) is 30.7 Å². The molecule has 3 heterocycles. The maximum absolute atomic E-state index is 12.6. The fourth-order valence-corrected chi connectivity index (χ4v) is 5.12. The van der Waals surface area contributed by atoms with Crippen LogP contribution in [-0.2, 0) is 16.2 Å². The number of amides is 1. The summed E-state index contributed by atoms with van der Waals surface area (Å²) in [5.41, 5.74) is 1.14. The number of rotatable bonds is 9. The normalized spacial score (nSPS) is 16.2. The zero-order valence-corrected chi connectivity index (χ0v) is 25.0. The van der Waals surface area contributed by atoms with E-state index in [1.54, 1.807) is 23.2 Å². The van der Waals surface area contributed by atoms with Gasteiger partial charge in [-0.25, -0.2) is 9.78 Å². The summed E-state index contributed by atoms with van der Waals surface area (Å²) < 4.78 is 19.9. The van der Waals surface area contributed by atoms with Crippen LogP contribution in [0.25, 0.3) is 11.0 Å². The van der Waals surface area contributed by atoms with Crippen molar-refractivity contribution in [2.75, 3.05) is 25.0 Å². The van der Waals surface area contributed by atoms with Gasteiger partial charge in [-0.15, -0.1) is 0 Å². The minimum Gasteiger partial charge on any atom is -0.456 e. The predicted octanol–water partition coefficient (Wildman–Crippen LogP) is 7.22. The average molecular weight is 559 g/mol. The molecule has 1 amide bonds. The van der Waals surface area contributed by atoms with Crippen molar-refractivity contribution >= 4 is 42.5 Å². The first-order valence-electron chi connectivity index (χ1n) is 13.1. The van der Waals surface area contributed by atoms with E-state index >= 15 is 0 Å².